The second-order valence-corrected chi connectivity index (χ2v) is 10.2. The summed E-state index contributed by atoms with van der Waals surface area (Å²) in [5, 5.41) is 20.5. The average Bonchev–Trinajstić information content (AvgIpc) is 3.20. The van der Waals surface area contributed by atoms with Gasteiger partial charge in [0, 0.05) is 55.7 Å². The molecular formula is C20H25N3O6S. The van der Waals surface area contributed by atoms with Crippen LogP contribution in [0, 0.1) is 0 Å². The highest BCUT2D eigenvalue weighted by Gasteiger charge is 2.39. The van der Waals surface area contributed by atoms with Crippen LogP contribution in [-0.2, 0) is 21.7 Å². The van der Waals surface area contributed by atoms with E-state index in [0.717, 1.165) is 0 Å². The molecule has 9 nitrogen and oxygen atoms in total. The zero-order chi connectivity index (χ0) is 21.6. The number of aromatic carboxylic acids is 1. The Hall–Kier alpha value is -2.43. The molecule has 0 radical (unpaired) electrons. The summed E-state index contributed by atoms with van der Waals surface area (Å²) in [6.45, 7) is 1.96. The Labute approximate surface area is 174 Å². The third-order valence-corrected chi connectivity index (χ3v) is 8.05. The SMILES string of the molecule is Cn1c(C(=O)O)c(C(C(=O)O)N2CCN(C3CCS(=O)(=O)C3)CC2)c2ccccc21. The molecule has 10 heteroatoms. The molecule has 30 heavy (non-hydrogen) atoms. The van der Waals surface area contributed by atoms with E-state index >= 15 is 0 Å². The zero-order valence-electron chi connectivity index (χ0n) is 16.7. The number of rotatable bonds is 5. The average molecular weight is 436 g/mol. The van der Waals surface area contributed by atoms with E-state index in [1.807, 2.05) is 0 Å². The van der Waals surface area contributed by atoms with Crippen molar-refractivity contribution in [2.75, 3.05) is 37.7 Å². The van der Waals surface area contributed by atoms with Crippen LogP contribution in [0.2, 0.25) is 0 Å². The van der Waals surface area contributed by atoms with Crippen LogP contribution in [0.3, 0.4) is 0 Å². The summed E-state index contributed by atoms with van der Waals surface area (Å²) in [7, 11) is -1.35. The first-order chi connectivity index (χ1) is 14.2. The van der Waals surface area contributed by atoms with Gasteiger partial charge in [-0.3, -0.25) is 14.6 Å². The predicted molar refractivity (Wildman–Crippen MR) is 110 cm³/mol. The lowest BCUT2D eigenvalue weighted by molar-refractivity contribution is -0.144. The quantitative estimate of drug-likeness (QED) is 0.708. The number of carboxylic acids is 2. The van der Waals surface area contributed by atoms with Gasteiger partial charge in [-0.1, -0.05) is 18.2 Å². The highest BCUT2D eigenvalue weighted by atomic mass is 32.2. The van der Waals surface area contributed by atoms with Gasteiger partial charge in [0.05, 0.1) is 11.5 Å². The molecule has 1 aromatic carbocycles. The minimum atomic E-state index is -2.99. The number of benzene rings is 1. The molecular weight excluding hydrogens is 410 g/mol. The van der Waals surface area contributed by atoms with Crippen molar-refractivity contribution in [2.45, 2.75) is 18.5 Å². The number of aliphatic carboxylic acids is 1. The van der Waals surface area contributed by atoms with Crippen LogP contribution in [0.15, 0.2) is 24.3 Å². The number of aromatic nitrogens is 1. The molecule has 2 aliphatic rings. The second kappa shape index (κ2) is 7.68. The van der Waals surface area contributed by atoms with E-state index in [4.69, 9.17) is 0 Å². The summed E-state index contributed by atoms with van der Waals surface area (Å²) < 4.78 is 25.1. The van der Waals surface area contributed by atoms with E-state index in [9.17, 15) is 28.2 Å². The molecule has 0 saturated carbocycles. The molecule has 0 spiro atoms. The summed E-state index contributed by atoms with van der Waals surface area (Å²) in [6, 6.07) is 6.00. The fourth-order valence-electron chi connectivity index (χ4n) is 4.84. The molecule has 2 N–H and O–H groups in total. The van der Waals surface area contributed by atoms with E-state index in [1.165, 1.54) is 4.57 Å². The van der Waals surface area contributed by atoms with Crippen molar-refractivity contribution in [3.05, 3.63) is 35.5 Å². The maximum atomic E-state index is 12.3. The Morgan fingerprint density at radius 3 is 2.33 bits per heavy atom. The van der Waals surface area contributed by atoms with Gasteiger partial charge in [0.15, 0.2) is 9.84 Å². The van der Waals surface area contributed by atoms with E-state index < -0.39 is 27.8 Å². The molecule has 2 saturated heterocycles. The Balaban J connectivity index is 1.64. The van der Waals surface area contributed by atoms with Gasteiger partial charge in [0.25, 0.3) is 0 Å². The predicted octanol–water partition coefficient (Wildman–Crippen LogP) is 0.807. The van der Waals surface area contributed by atoms with Crippen molar-refractivity contribution in [1.82, 2.24) is 14.4 Å². The number of para-hydroxylation sites is 1. The summed E-state index contributed by atoms with van der Waals surface area (Å²) in [5.74, 6) is -1.90. The Morgan fingerprint density at radius 1 is 1.10 bits per heavy atom. The molecule has 2 unspecified atom stereocenters. The van der Waals surface area contributed by atoms with Crippen LogP contribution in [0.1, 0.15) is 28.5 Å². The van der Waals surface area contributed by atoms with Crippen molar-refractivity contribution >= 4 is 32.7 Å². The van der Waals surface area contributed by atoms with Gasteiger partial charge < -0.3 is 14.8 Å². The molecule has 162 valence electrons. The van der Waals surface area contributed by atoms with Gasteiger partial charge in [-0.15, -0.1) is 0 Å². The maximum absolute atomic E-state index is 12.3. The number of carboxylic acid groups (broad SMARTS) is 2. The van der Waals surface area contributed by atoms with Crippen molar-refractivity contribution in [1.29, 1.82) is 0 Å². The summed E-state index contributed by atoms with van der Waals surface area (Å²) >= 11 is 0. The number of piperazine rings is 1. The summed E-state index contributed by atoms with van der Waals surface area (Å²) in [6.07, 6.45) is 0.608. The number of hydrogen-bond acceptors (Lipinski definition) is 6. The zero-order valence-corrected chi connectivity index (χ0v) is 17.5. The molecule has 2 fully saturated rings. The lowest BCUT2D eigenvalue weighted by atomic mass is 10.00. The number of sulfone groups is 1. The highest BCUT2D eigenvalue weighted by molar-refractivity contribution is 7.91. The molecule has 2 atom stereocenters. The van der Waals surface area contributed by atoms with Crippen LogP contribution in [0.5, 0.6) is 0 Å². The molecule has 3 heterocycles. The fraction of sp³-hybridized carbons (Fsp3) is 0.500. The topological polar surface area (TPSA) is 120 Å². The third kappa shape index (κ3) is 3.59. The Bertz CT molecular complexity index is 1100. The molecule has 2 aliphatic heterocycles. The first-order valence-electron chi connectivity index (χ1n) is 9.91. The first kappa shape index (κ1) is 20.8. The van der Waals surface area contributed by atoms with E-state index in [-0.39, 0.29) is 23.2 Å². The molecule has 0 amide bonds. The molecule has 0 aliphatic carbocycles. The van der Waals surface area contributed by atoms with Gasteiger partial charge in [-0.2, -0.15) is 0 Å². The smallest absolute Gasteiger partial charge is 0.352 e. The van der Waals surface area contributed by atoms with Crippen molar-refractivity contribution in [2.24, 2.45) is 7.05 Å². The van der Waals surface area contributed by atoms with Crippen LogP contribution < -0.4 is 0 Å². The monoisotopic (exact) mass is 435 g/mol. The minimum Gasteiger partial charge on any atom is -0.480 e. The van der Waals surface area contributed by atoms with Gasteiger partial charge >= 0.3 is 11.9 Å². The maximum Gasteiger partial charge on any atom is 0.352 e. The minimum absolute atomic E-state index is 0.0204. The van der Waals surface area contributed by atoms with Crippen molar-refractivity contribution < 1.29 is 28.2 Å². The lowest BCUT2D eigenvalue weighted by Gasteiger charge is -2.40. The number of aryl methyl sites for hydroxylation is 1. The largest absolute Gasteiger partial charge is 0.480 e. The number of nitrogens with zero attached hydrogens (tertiary/aromatic N) is 3. The Morgan fingerprint density at radius 2 is 1.77 bits per heavy atom. The fourth-order valence-corrected chi connectivity index (χ4v) is 6.61. The van der Waals surface area contributed by atoms with Crippen LogP contribution >= 0.6 is 0 Å². The summed E-state index contributed by atoms with van der Waals surface area (Å²) in [4.78, 5) is 28.2. The van der Waals surface area contributed by atoms with E-state index in [1.54, 1.807) is 36.2 Å². The van der Waals surface area contributed by atoms with Gasteiger partial charge in [-0.25, -0.2) is 13.2 Å². The summed E-state index contributed by atoms with van der Waals surface area (Å²) in [5.41, 5.74) is 0.948. The number of carbonyl (C=O) groups is 2. The van der Waals surface area contributed by atoms with E-state index in [2.05, 4.69) is 4.90 Å². The van der Waals surface area contributed by atoms with Gasteiger partial charge in [-0.05, 0) is 12.5 Å². The molecule has 0 bridgehead atoms. The highest BCUT2D eigenvalue weighted by Crippen LogP contribution is 2.35. The third-order valence-electron chi connectivity index (χ3n) is 6.29. The molecule has 1 aromatic heterocycles. The number of fused-ring (bicyclic) bond motifs is 1. The van der Waals surface area contributed by atoms with Crippen molar-refractivity contribution in [3.8, 4) is 0 Å². The second-order valence-electron chi connectivity index (χ2n) is 8.01. The lowest BCUT2D eigenvalue weighted by Crippen LogP contribution is -2.52. The van der Waals surface area contributed by atoms with Crippen molar-refractivity contribution in [3.63, 3.8) is 0 Å². The van der Waals surface area contributed by atoms with Crippen LogP contribution in [-0.4, -0.2) is 88.7 Å². The Kier molecular flexibility index (Phi) is 5.33. The molecule has 2 aromatic rings. The number of hydrogen-bond donors (Lipinski definition) is 2. The van der Waals surface area contributed by atoms with Gasteiger partial charge in [0.2, 0.25) is 0 Å². The molecule has 4 rings (SSSR count). The first-order valence-corrected chi connectivity index (χ1v) is 11.7. The van der Waals surface area contributed by atoms with Crippen LogP contribution in [0.25, 0.3) is 10.9 Å². The van der Waals surface area contributed by atoms with Crippen LogP contribution in [0.4, 0.5) is 0 Å². The standard InChI is InChI=1S/C20H25N3O6S/c1-21-15-5-3-2-4-14(15)16(17(21)19(24)25)18(20(26)27)23-9-7-22(8-10-23)13-6-11-30(28,29)12-13/h2-5,13,18H,6-12H2,1H3,(H,24,25)(H,26,27). The van der Waals surface area contributed by atoms with E-state index in [0.29, 0.717) is 49.1 Å². The normalized spacial score (nSPS) is 23.6. The van der Waals surface area contributed by atoms with Gasteiger partial charge in [0.1, 0.15) is 11.7 Å².